The van der Waals surface area contributed by atoms with Gasteiger partial charge >= 0.3 is 0 Å². The van der Waals surface area contributed by atoms with Crippen molar-refractivity contribution in [1.29, 1.82) is 0 Å². The van der Waals surface area contributed by atoms with Crippen LogP contribution in [0.25, 0.3) is 0 Å². The van der Waals surface area contributed by atoms with Gasteiger partial charge in [-0.15, -0.1) is 0 Å². The topological polar surface area (TPSA) is 49.3 Å². The summed E-state index contributed by atoms with van der Waals surface area (Å²) in [4.78, 5) is 11.8. The lowest BCUT2D eigenvalue weighted by Gasteiger charge is -2.35. The van der Waals surface area contributed by atoms with Gasteiger partial charge in [0.2, 0.25) is 5.91 Å². The fourth-order valence-electron chi connectivity index (χ4n) is 2.91. The molecule has 1 fully saturated rings. The minimum absolute atomic E-state index is 0.136. The van der Waals surface area contributed by atoms with E-state index in [-0.39, 0.29) is 18.1 Å². The number of rotatable bonds is 4. The Morgan fingerprint density at radius 2 is 2.15 bits per heavy atom. The van der Waals surface area contributed by atoms with Crippen molar-refractivity contribution >= 4 is 5.91 Å². The van der Waals surface area contributed by atoms with Gasteiger partial charge in [-0.2, -0.15) is 0 Å². The molecule has 1 aromatic rings. The van der Waals surface area contributed by atoms with Crippen LogP contribution < -0.4 is 5.32 Å². The highest BCUT2D eigenvalue weighted by atomic mass is 19.1. The molecule has 0 saturated heterocycles. The van der Waals surface area contributed by atoms with Crippen LogP contribution in [-0.4, -0.2) is 23.2 Å². The zero-order valence-electron chi connectivity index (χ0n) is 11.9. The monoisotopic (exact) mass is 279 g/mol. The number of carbonyl (C=O) groups excluding carboxylic acids is 1. The van der Waals surface area contributed by atoms with E-state index < -0.39 is 5.60 Å². The van der Waals surface area contributed by atoms with Crippen LogP contribution in [0.3, 0.4) is 0 Å². The fraction of sp³-hybridized carbons (Fsp3) is 0.562. The normalized spacial score (nSPS) is 26.2. The molecule has 1 aliphatic carbocycles. The molecule has 2 N–H and O–H groups in total. The van der Waals surface area contributed by atoms with Crippen molar-refractivity contribution < 1.29 is 14.3 Å². The Hall–Kier alpha value is -1.42. The average molecular weight is 279 g/mol. The lowest BCUT2D eigenvalue weighted by atomic mass is 9.79. The van der Waals surface area contributed by atoms with Crippen LogP contribution in [0.4, 0.5) is 4.39 Å². The van der Waals surface area contributed by atoms with Crippen molar-refractivity contribution in [2.24, 2.45) is 5.92 Å². The standard InChI is InChI=1S/C16H22FNO2/c1-12-3-2-8-16(20,10-12)11-18-15(19)9-13-4-6-14(17)7-5-13/h4-7,12,20H,2-3,8-11H2,1H3,(H,18,19). The number of aliphatic hydroxyl groups is 1. The molecule has 1 aliphatic rings. The number of halogens is 1. The largest absolute Gasteiger partial charge is 0.388 e. The van der Waals surface area contributed by atoms with E-state index in [1.807, 2.05) is 0 Å². The highest BCUT2D eigenvalue weighted by Crippen LogP contribution is 2.31. The Morgan fingerprint density at radius 1 is 1.45 bits per heavy atom. The first-order chi connectivity index (χ1) is 9.47. The molecule has 0 heterocycles. The second-order valence-corrected chi connectivity index (χ2v) is 6.01. The van der Waals surface area contributed by atoms with E-state index in [9.17, 15) is 14.3 Å². The molecular formula is C16H22FNO2. The summed E-state index contributed by atoms with van der Waals surface area (Å²) in [6.07, 6.45) is 3.85. The number of carbonyl (C=O) groups is 1. The van der Waals surface area contributed by atoms with E-state index in [4.69, 9.17) is 0 Å². The minimum Gasteiger partial charge on any atom is -0.388 e. The molecule has 3 nitrogen and oxygen atoms in total. The second kappa shape index (κ2) is 6.35. The molecule has 1 saturated carbocycles. The molecular weight excluding hydrogens is 257 g/mol. The Morgan fingerprint density at radius 3 is 2.80 bits per heavy atom. The molecule has 0 bridgehead atoms. The van der Waals surface area contributed by atoms with E-state index in [0.717, 1.165) is 31.2 Å². The summed E-state index contributed by atoms with van der Waals surface area (Å²) in [5.74, 6) is 0.0608. The van der Waals surface area contributed by atoms with Crippen molar-refractivity contribution in [3.05, 3.63) is 35.6 Å². The van der Waals surface area contributed by atoms with Crippen molar-refractivity contribution in [2.45, 2.75) is 44.6 Å². The van der Waals surface area contributed by atoms with E-state index >= 15 is 0 Å². The summed E-state index contributed by atoms with van der Waals surface area (Å²) in [6, 6.07) is 5.90. The van der Waals surface area contributed by atoms with Crippen LogP contribution in [-0.2, 0) is 11.2 Å². The van der Waals surface area contributed by atoms with E-state index in [0.29, 0.717) is 12.5 Å². The number of amides is 1. The first-order valence-corrected chi connectivity index (χ1v) is 7.20. The van der Waals surface area contributed by atoms with Crippen LogP contribution in [0.2, 0.25) is 0 Å². The Balaban J connectivity index is 1.81. The Labute approximate surface area is 119 Å². The summed E-state index contributed by atoms with van der Waals surface area (Å²) in [5.41, 5.74) is 0.00347. The molecule has 0 radical (unpaired) electrons. The molecule has 110 valence electrons. The van der Waals surface area contributed by atoms with E-state index in [1.54, 1.807) is 12.1 Å². The van der Waals surface area contributed by atoms with Gasteiger partial charge in [-0.1, -0.05) is 31.9 Å². The number of hydrogen-bond donors (Lipinski definition) is 2. The molecule has 2 rings (SSSR count). The first-order valence-electron chi connectivity index (χ1n) is 7.20. The van der Waals surface area contributed by atoms with Crippen LogP contribution in [0.1, 0.15) is 38.2 Å². The second-order valence-electron chi connectivity index (χ2n) is 6.01. The number of benzene rings is 1. The molecule has 4 heteroatoms. The summed E-state index contributed by atoms with van der Waals surface area (Å²) in [7, 11) is 0. The SMILES string of the molecule is CC1CCCC(O)(CNC(=O)Cc2ccc(F)cc2)C1. The first kappa shape index (κ1) is 15.0. The quantitative estimate of drug-likeness (QED) is 0.889. The Kier molecular flexibility index (Phi) is 4.76. The summed E-state index contributed by atoms with van der Waals surface area (Å²) in [6.45, 7) is 2.43. The number of hydrogen-bond acceptors (Lipinski definition) is 2. The molecule has 0 aromatic heterocycles. The maximum absolute atomic E-state index is 12.8. The highest BCUT2D eigenvalue weighted by molar-refractivity contribution is 5.78. The summed E-state index contributed by atoms with van der Waals surface area (Å²) in [5, 5.41) is 13.2. The van der Waals surface area contributed by atoms with Gasteiger partial charge in [-0.05, 0) is 36.5 Å². The van der Waals surface area contributed by atoms with Gasteiger partial charge in [0, 0.05) is 6.54 Å². The van der Waals surface area contributed by atoms with Crippen LogP contribution in [0.15, 0.2) is 24.3 Å². The van der Waals surface area contributed by atoms with Crippen molar-refractivity contribution in [1.82, 2.24) is 5.32 Å². The van der Waals surface area contributed by atoms with E-state index in [2.05, 4.69) is 12.2 Å². The molecule has 0 aliphatic heterocycles. The highest BCUT2D eigenvalue weighted by Gasteiger charge is 2.32. The van der Waals surface area contributed by atoms with E-state index in [1.165, 1.54) is 12.1 Å². The third kappa shape index (κ3) is 4.30. The maximum Gasteiger partial charge on any atom is 0.224 e. The smallest absolute Gasteiger partial charge is 0.224 e. The fourth-order valence-corrected chi connectivity index (χ4v) is 2.91. The molecule has 2 unspecified atom stereocenters. The predicted octanol–water partition coefficient (Wildman–Crippen LogP) is 2.43. The van der Waals surface area contributed by atoms with Gasteiger partial charge < -0.3 is 10.4 Å². The summed E-state index contributed by atoms with van der Waals surface area (Å²) >= 11 is 0. The third-order valence-corrected chi connectivity index (χ3v) is 3.96. The van der Waals surface area contributed by atoms with Gasteiger partial charge in [-0.25, -0.2) is 4.39 Å². The van der Waals surface area contributed by atoms with Gasteiger partial charge in [0.1, 0.15) is 5.82 Å². The Bertz CT molecular complexity index is 460. The van der Waals surface area contributed by atoms with Gasteiger partial charge in [0.05, 0.1) is 12.0 Å². The zero-order valence-corrected chi connectivity index (χ0v) is 11.9. The van der Waals surface area contributed by atoms with Gasteiger partial charge in [0.15, 0.2) is 0 Å². The molecule has 20 heavy (non-hydrogen) atoms. The lowest BCUT2D eigenvalue weighted by molar-refractivity contribution is -0.122. The van der Waals surface area contributed by atoms with Crippen molar-refractivity contribution in [2.75, 3.05) is 6.54 Å². The zero-order chi connectivity index (χ0) is 14.6. The summed E-state index contributed by atoms with van der Waals surface area (Å²) < 4.78 is 12.8. The van der Waals surface area contributed by atoms with Crippen LogP contribution in [0, 0.1) is 11.7 Å². The van der Waals surface area contributed by atoms with Crippen LogP contribution in [0.5, 0.6) is 0 Å². The molecule has 0 spiro atoms. The molecule has 1 amide bonds. The maximum atomic E-state index is 12.8. The van der Waals surface area contributed by atoms with Crippen molar-refractivity contribution in [3.63, 3.8) is 0 Å². The lowest BCUT2D eigenvalue weighted by Crippen LogP contribution is -2.46. The van der Waals surface area contributed by atoms with Crippen molar-refractivity contribution in [3.8, 4) is 0 Å². The average Bonchev–Trinajstić information content (AvgIpc) is 2.39. The predicted molar refractivity (Wildman–Crippen MR) is 75.7 cm³/mol. The van der Waals surface area contributed by atoms with Gasteiger partial charge in [-0.3, -0.25) is 4.79 Å². The molecule has 2 atom stereocenters. The third-order valence-electron chi connectivity index (χ3n) is 3.96. The number of nitrogens with one attached hydrogen (secondary N) is 1. The minimum atomic E-state index is -0.768. The van der Waals surface area contributed by atoms with Crippen LogP contribution >= 0.6 is 0 Å². The molecule has 1 aromatic carbocycles. The van der Waals surface area contributed by atoms with Gasteiger partial charge in [0.25, 0.3) is 0 Å².